The van der Waals surface area contributed by atoms with E-state index >= 15 is 0 Å². The number of thiophene rings is 1. The molecule has 0 radical (unpaired) electrons. The van der Waals surface area contributed by atoms with Crippen molar-refractivity contribution in [2.75, 3.05) is 48.8 Å². The number of anilines is 4. The van der Waals surface area contributed by atoms with E-state index in [1.807, 2.05) is 30.5 Å². The topological polar surface area (TPSA) is 97.9 Å². The highest BCUT2D eigenvalue weighted by Gasteiger charge is 2.20. The lowest BCUT2D eigenvalue weighted by Crippen LogP contribution is -2.45. The molecule has 1 saturated heterocycles. The van der Waals surface area contributed by atoms with E-state index < -0.39 is 0 Å². The van der Waals surface area contributed by atoms with Crippen molar-refractivity contribution in [2.24, 2.45) is 0 Å². The molecule has 1 unspecified atom stereocenters. The van der Waals surface area contributed by atoms with Crippen LogP contribution in [0.3, 0.4) is 0 Å². The molecule has 1 aliphatic rings. The third-order valence-electron chi connectivity index (χ3n) is 5.73. The van der Waals surface area contributed by atoms with Crippen molar-refractivity contribution in [3.63, 3.8) is 0 Å². The molecule has 4 aromatic rings. The van der Waals surface area contributed by atoms with E-state index in [1.54, 1.807) is 23.5 Å². The van der Waals surface area contributed by atoms with Crippen LogP contribution in [0, 0.1) is 5.82 Å². The number of hydrogen-bond acceptors (Lipinski definition) is 9. The first-order valence-corrected chi connectivity index (χ1v) is 12.0. The fraction of sp³-hybridized carbons (Fsp3) is 0.304. The molecule has 0 saturated carbocycles. The van der Waals surface area contributed by atoms with Gasteiger partial charge in [-0.15, -0.1) is 11.3 Å². The number of aromatic amines is 1. The number of hydrogen-bond donors (Lipinski definition) is 3. The van der Waals surface area contributed by atoms with Gasteiger partial charge in [0, 0.05) is 32.2 Å². The van der Waals surface area contributed by atoms with Crippen LogP contribution < -0.4 is 15.5 Å². The highest BCUT2D eigenvalue weighted by atomic mass is 32.1. The minimum atomic E-state index is -0.263. The molecular weight excluding hydrogens is 453 g/mol. The van der Waals surface area contributed by atoms with Gasteiger partial charge in [-0.2, -0.15) is 20.1 Å². The number of nitrogens with one attached hydrogen (secondary N) is 3. The monoisotopic (exact) mass is 479 g/mol. The van der Waals surface area contributed by atoms with Gasteiger partial charge in [0.15, 0.2) is 5.82 Å². The van der Waals surface area contributed by atoms with Crippen molar-refractivity contribution in [3.8, 4) is 10.6 Å². The minimum absolute atomic E-state index is 0.119. The van der Waals surface area contributed by atoms with E-state index in [4.69, 9.17) is 0 Å². The fourth-order valence-electron chi connectivity index (χ4n) is 3.72. The van der Waals surface area contributed by atoms with Gasteiger partial charge in [-0.1, -0.05) is 18.2 Å². The van der Waals surface area contributed by atoms with Crippen molar-refractivity contribution in [2.45, 2.75) is 13.0 Å². The van der Waals surface area contributed by atoms with E-state index in [0.717, 1.165) is 42.3 Å². The smallest absolute Gasteiger partial charge is 0.235 e. The van der Waals surface area contributed by atoms with Gasteiger partial charge in [0.2, 0.25) is 17.8 Å². The van der Waals surface area contributed by atoms with Crippen molar-refractivity contribution >= 4 is 35.0 Å². The summed E-state index contributed by atoms with van der Waals surface area (Å²) in [6, 6.07) is 12.3. The molecule has 5 rings (SSSR count). The zero-order valence-corrected chi connectivity index (χ0v) is 19.8. The van der Waals surface area contributed by atoms with Gasteiger partial charge >= 0.3 is 0 Å². The fourth-order valence-corrected chi connectivity index (χ4v) is 4.41. The molecule has 4 heterocycles. The first-order chi connectivity index (χ1) is 16.5. The molecule has 0 amide bonds. The van der Waals surface area contributed by atoms with Crippen LogP contribution in [0.4, 0.5) is 28.1 Å². The lowest BCUT2D eigenvalue weighted by Gasteiger charge is -2.32. The number of halogens is 1. The lowest BCUT2D eigenvalue weighted by molar-refractivity contribution is 0.311. The van der Waals surface area contributed by atoms with Crippen LogP contribution in [0.5, 0.6) is 0 Å². The predicted octanol–water partition coefficient (Wildman–Crippen LogP) is 4.13. The molecule has 0 spiro atoms. The zero-order chi connectivity index (χ0) is 23.5. The van der Waals surface area contributed by atoms with E-state index in [9.17, 15) is 4.39 Å². The number of piperazine rings is 1. The third-order valence-corrected chi connectivity index (χ3v) is 6.63. The maximum Gasteiger partial charge on any atom is 0.235 e. The molecule has 1 aliphatic heterocycles. The highest BCUT2D eigenvalue weighted by molar-refractivity contribution is 7.13. The summed E-state index contributed by atoms with van der Waals surface area (Å²) in [5, 5.41) is 16.0. The summed E-state index contributed by atoms with van der Waals surface area (Å²) < 4.78 is 13.3. The Morgan fingerprint density at radius 3 is 2.53 bits per heavy atom. The van der Waals surface area contributed by atoms with E-state index in [-0.39, 0.29) is 11.9 Å². The molecule has 3 aromatic heterocycles. The molecule has 176 valence electrons. The maximum absolute atomic E-state index is 13.3. The number of nitrogens with zero attached hydrogens (tertiary/aromatic N) is 6. The molecule has 11 heteroatoms. The van der Waals surface area contributed by atoms with Gasteiger partial charge in [-0.05, 0) is 43.1 Å². The Balaban J connectivity index is 1.40. The van der Waals surface area contributed by atoms with Crippen molar-refractivity contribution in [3.05, 3.63) is 59.2 Å². The Hall–Kier alpha value is -3.57. The number of likely N-dealkylation sites (N-methyl/N-ethyl adjacent to an activating group) is 1. The van der Waals surface area contributed by atoms with Crippen LogP contribution in [-0.2, 0) is 0 Å². The molecule has 3 N–H and O–H groups in total. The number of aromatic nitrogens is 5. The van der Waals surface area contributed by atoms with Crippen LogP contribution in [0.1, 0.15) is 18.5 Å². The summed E-state index contributed by atoms with van der Waals surface area (Å²) in [4.78, 5) is 19.5. The Morgan fingerprint density at radius 2 is 1.79 bits per heavy atom. The van der Waals surface area contributed by atoms with Crippen LogP contribution in [0.15, 0.2) is 47.8 Å². The third kappa shape index (κ3) is 5.15. The van der Waals surface area contributed by atoms with Crippen molar-refractivity contribution in [1.29, 1.82) is 0 Å². The molecule has 1 fully saturated rings. The molecule has 34 heavy (non-hydrogen) atoms. The second-order valence-corrected chi connectivity index (χ2v) is 9.21. The molecule has 1 atom stereocenters. The van der Waals surface area contributed by atoms with Crippen molar-refractivity contribution in [1.82, 2.24) is 30.0 Å². The van der Waals surface area contributed by atoms with E-state index in [2.05, 4.69) is 52.6 Å². The minimum Gasteiger partial charge on any atom is -0.348 e. The largest absolute Gasteiger partial charge is 0.348 e. The first-order valence-electron chi connectivity index (χ1n) is 11.1. The number of rotatable bonds is 7. The normalized spacial score (nSPS) is 15.3. The molecule has 1 aromatic carbocycles. The average molecular weight is 480 g/mol. The number of H-pyrrole nitrogens is 1. The van der Waals surface area contributed by atoms with E-state index in [1.165, 1.54) is 12.1 Å². The SMILES string of the molecule is CC(Nc1nc(Nc2cc(-c3cccs3)[nH]n2)nc(N2CCN(C)CC2)n1)c1ccc(F)cc1. The van der Waals surface area contributed by atoms with Gasteiger partial charge in [-0.25, -0.2) is 4.39 Å². The predicted molar refractivity (Wildman–Crippen MR) is 133 cm³/mol. The molecular formula is C23H26FN9S. The summed E-state index contributed by atoms with van der Waals surface area (Å²) in [5.74, 6) is 1.81. The van der Waals surface area contributed by atoms with Crippen LogP contribution in [0.2, 0.25) is 0 Å². The Bertz CT molecular complexity index is 1220. The van der Waals surface area contributed by atoms with Gasteiger partial charge < -0.3 is 20.4 Å². The summed E-state index contributed by atoms with van der Waals surface area (Å²) >= 11 is 1.64. The second-order valence-electron chi connectivity index (χ2n) is 8.26. The Kier molecular flexibility index (Phi) is 6.37. The van der Waals surface area contributed by atoms with Gasteiger partial charge in [0.25, 0.3) is 0 Å². The first kappa shape index (κ1) is 22.2. The standard InChI is InChI=1S/C23H26FN9S/c1-15(16-5-7-17(24)8-6-16)25-21-27-22(29-23(28-21)33-11-9-32(2)10-12-33)26-20-14-18(30-31-20)19-4-3-13-34-19/h3-8,13-15H,9-12H2,1-2H3,(H3,25,26,27,28,29,30,31). The summed E-state index contributed by atoms with van der Waals surface area (Å²) in [6.45, 7) is 5.52. The Labute approximate surface area is 201 Å². The summed E-state index contributed by atoms with van der Waals surface area (Å²) in [6.07, 6.45) is 0. The quantitative estimate of drug-likeness (QED) is 0.364. The van der Waals surface area contributed by atoms with Crippen LogP contribution in [0.25, 0.3) is 10.6 Å². The lowest BCUT2D eigenvalue weighted by atomic mass is 10.1. The van der Waals surface area contributed by atoms with Crippen molar-refractivity contribution < 1.29 is 4.39 Å². The van der Waals surface area contributed by atoms with Gasteiger partial charge in [0.1, 0.15) is 5.82 Å². The number of benzene rings is 1. The average Bonchev–Trinajstić information content (AvgIpc) is 3.52. The Morgan fingerprint density at radius 1 is 1.03 bits per heavy atom. The summed E-state index contributed by atoms with van der Waals surface area (Å²) in [5.41, 5.74) is 1.86. The second kappa shape index (κ2) is 9.74. The maximum atomic E-state index is 13.3. The molecule has 0 bridgehead atoms. The molecule has 0 aliphatic carbocycles. The van der Waals surface area contributed by atoms with Crippen LogP contribution in [-0.4, -0.2) is 63.3 Å². The van der Waals surface area contributed by atoms with Gasteiger partial charge in [0.05, 0.1) is 16.6 Å². The summed E-state index contributed by atoms with van der Waals surface area (Å²) in [7, 11) is 2.11. The molecule has 9 nitrogen and oxygen atoms in total. The van der Waals surface area contributed by atoms with Crippen LogP contribution >= 0.6 is 11.3 Å². The zero-order valence-electron chi connectivity index (χ0n) is 19.0. The van der Waals surface area contributed by atoms with Gasteiger partial charge in [-0.3, -0.25) is 5.10 Å². The highest BCUT2D eigenvalue weighted by Crippen LogP contribution is 2.26. The van der Waals surface area contributed by atoms with E-state index in [0.29, 0.717) is 23.7 Å².